The van der Waals surface area contributed by atoms with Gasteiger partial charge < -0.3 is 35.6 Å². The lowest BCUT2D eigenvalue weighted by atomic mass is 9.82. The molecule has 0 unspecified atom stereocenters. The molecule has 5 atom stereocenters. The fourth-order valence-electron chi connectivity index (χ4n) is 7.25. The van der Waals surface area contributed by atoms with Gasteiger partial charge >= 0.3 is 0 Å². The maximum atomic E-state index is 14.8. The van der Waals surface area contributed by atoms with Crippen LogP contribution in [-0.2, 0) is 24.0 Å². The highest BCUT2D eigenvalue weighted by Crippen LogP contribution is 2.31. The molecule has 298 valence electrons. The zero-order chi connectivity index (χ0) is 39.7. The molecule has 4 N–H and O–H groups in total. The smallest absolute Gasteiger partial charge is 0.289 e. The molecule has 2 heterocycles. The van der Waals surface area contributed by atoms with Crippen LogP contribution in [0.15, 0.2) is 42.9 Å². The number of likely N-dealkylation sites (tertiary alicyclic amines) is 1. The number of ketones is 1. The van der Waals surface area contributed by atoms with Gasteiger partial charge in [-0.05, 0) is 55.6 Å². The lowest BCUT2D eigenvalue weighted by Gasteiger charge is -2.37. The predicted molar refractivity (Wildman–Crippen MR) is 202 cm³/mol. The number of aromatic nitrogens is 2. The molecule has 3 aliphatic rings. The van der Waals surface area contributed by atoms with Gasteiger partial charge in [-0.15, -0.1) is 0 Å². The van der Waals surface area contributed by atoms with Crippen LogP contribution in [0, 0.1) is 11.3 Å². The van der Waals surface area contributed by atoms with E-state index in [2.05, 4.69) is 31.2 Å². The summed E-state index contributed by atoms with van der Waals surface area (Å²) in [7, 11) is 1.54. The molecule has 1 saturated heterocycles. The van der Waals surface area contributed by atoms with Crippen molar-refractivity contribution in [2.45, 2.75) is 128 Å². The number of carbonyl (C=O) groups excluding carboxylic acids is 6. The first-order chi connectivity index (χ1) is 26.3. The fraction of sp³-hybridized carbons (Fsp3) is 0.600. The number of ether oxygens (including phenoxy) is 2. The molecule has 55 heavy (non-hydrogen) atoms. The van der Waals surface area contributed by atoms with Gasteiger partial charge in [0.2, 0.25) is 23.5 Å². The summed E-state index contributed by atoms with van der Waals surface area (Å²) in [6.07, 6.45) is 10.3. The van der Waals surface area contributed by atoms with Gasteiger partial charge in [-0.1, -0.05) is 59.4 Å². The van der Waals surface area contributed by atoms with Crippen molar-refractivity contribution in [3.05, 3.63) is 48.5 Å². The third-order valence-corrected chi connectivity index (χ3v) is 10.4. The molecule has 0 radical (unpaired) electrons. The monoisotopic (exact) mass is 761 g/mol. The quantitative estimate of drug-likeness (QED) is 0.185. The molecule has 2 aliphatic carbocycles. The summed E-state index contributed by atoms with van der Waals surface area (Å²) < 4.78 is 11.6. The molecule has 0 bridgehead atoms. The van der Waals surface area contributed by atoms with Gasteiger partial charge in [-0.25, -0.2) is 4.98 Å². The maximum Gasteiger partial charge on any atom is 0.289 e. The number of hydrogen-bond acceptors (Lipinski definition) is 10. The van der Waals surface area contributed by atoms with E-state index in [0.29, 0.717) is 17.9 Å². The van der Waals surface area contributed by atoms with Crippen LogP contribution in [0.1, 0.15) is 102 Å². The number of methoxy groups -OCH3 is 1. The Morgan fingerprint density at radius 3 is 2.31 bits per heavy atom. The first kappa shape index (κ1) is 41.1. The summed E-state index contributed by atoms with van der Waals surface area (Å²) in [6.45, 7) is 7.29. The van der Waals surface area contributed by atoms with Crippen molar-refractivity contribution in [2.75, 3.05) is 13.7 Å². The van der Waals surface area contributed by atoms with Gasteiger partial charge in [0, 0.05) is 30.9 Å². The number of Topliss-reactive ketones (excluding diaryl/α,β-unsaturated/α-hetero) is 1. The Morgan fingerprint density at radius 1 is 0.945 bits per heavy atom. The molecule has 0 spiro atoms. The third kappa shape index (κ3) is 11.0. The van der Waals surface area contributed by atoms with Crippen LogP contribution < -0.4 is 30.7 Å². The summed E-state index contributed by atoms with van der Waals surface area (Å²) in [5.74, 6) is -2.79. The lowest BCUT2D eigenvalue weighted by Crippen LogP contribution is -2.62. The number of benzene rings is 1. The van der Waals surface area contributed by atoms with Crippen LogP contribution in [-0.4, -0.2) is 100 Å². The molecule has 15 heteroatoms. The Morgan fingerprint density at radius 2 is 1.67 bits per heavy atom. The van der Waals surface area contributed by atoms with Crippen LogP contribution in [0.5, 0.6) is 11.5 Å². The van der Waals surface area contributed by atoms with Crippen molar-refractivity contribution in [3.8, 4) is 11.5 Å². The molecule has 15 nitrogen and oxygen atoms in total. The summed E-state index contributed by atoms with van der Waals surface area (Å²) in [5, 5.41) is 11.3. The normalized spacial score (nSPS) is 20.3. The molecule has 5 rings (SSSR count). The molecule has 1 aliphatic heterocycles. The van der Waals surface area contributed by atoms with Crippen LogP contribution in [0.3, 0.4) is 0 Å². The number of carbonyl (C=O) groups is 6. The van der Waals surface area contributed by atoms with Crippen molar-refractivity contribution in [1.82, 2.24) is 36.1 Å². The third-order valence-electron chi connectivity index (χ3n) is 10.4. The standard InChI is InChI=1S/C40H55N7O8/c1-6-11-29(33(48)38(52)43-25-16-17-25)44-36(50)31-21-28(55-27-15-10-14-26(20-27)54-5)23-47(31)39(53)34(40(2,3)4)46-37(51)32(24-12-8-7-9-13-24)45-35(49)30-22-41-18-19-42-30/h10,14-15,18-20,22,24-25,28-29,31-32,34H,6-9,11-13,16-17,21,23H2,1-5H3,(H,43,52)(H,44,50)(H,45,49)(H,46,51)/t28-,29+,31+,32+,34-/m1/s1. The first-order valence-corrected chi connectivity index (χ1v) is 19.4. The molecular formula is C40H55N7O8. The highest BCUT2D eigenvalue weighted by molar-refractivity contribution is 6.38. The fourth-order valence-corrected chi connectivity index (χ4v) is 7.25. The van der Waals surface area contributed by atoms with Gasteiger partial charge in [0.05, 0.1) is 25.9 Å². The van der Waals surface area contributed by atoms with E-state index in [4.69, 9.17) is 9.47 Å². The topological polar surface area (TPSA) is 198 Å². The van der Waals surface area contributed by atoms with Crippen molar-refractivity contribution in [3.63, 3.8) is 0 Å². The Labute approximate surface area is 322 Å². The molecule has 1 aromatic heterocycles. The van der Waals surface area contributed by atoms with E-state index in [1.807, 2.05) is 27.7 Å². The molecule has 3 fully saturated rings. The first-order valence-electron chi connectivity index (χ1n) is 19.4. The summed E-state index contributed by atoms with van der Waals surface area (Å²) in [4.78, 5) is 91.9. The molecule has 2 saturated carbocycles. The van der Waals surface area contributed by atoms with Gasteiger partial charge in [-0.2, -0.15) is 0 Å². The van der Waals surface area contributed by atoms with E-state index in [1.165, 1.54) is 30.6 Å². The molecule has 1 aromatic carbocycles. The Bertz CT molecular complexity index is 1690. The van der Waals surface area contributed by atoms with Gasteiger partial charge in [-0.3, -0.25) is 33.8 Å². The minimum atomic E-state index is -1.12. The van der Waals surface area contributed by atoms with Crippen molar-refractivity contribution in [2.24, 2.45) is 11.3 Å². The highest BCUT2D eigenvalue weighted by Gasteiger charge is 2.47. The van der Waals surface area contributed by atoms with Crippen LogP contribution >= 0.6 is 0 Å². The van der Waals surface area contributed by atoms with Gasteiger partial charge in [0.1, 0.15) is 41.4 Å². The second kappa shape index (κ2) is 18.5. The predicted octanol–water partition coefficient (Wildman–Crippen LogP) is 2.88. The van der Waals surface area contributed by atoms with Crippen LogP contribution in [0.25, 0.3) is 0 Å². The van der Waals surface area contributed by atoms with E-state index in [9.17, 15) is 28.8 Å². The Kier molecular flexibility index (Phi) is 13.8. The largest absolute Gasteiger partial charge is 0.497 e. The Hall–Kier alpha value is -5.08. The number of nitrogens with one attached hydrogen (secondary N) is 4. The number of nitrogens with zero attached hydrogens (tertiary/aromatic N) is 3. The summed E-state index contributed by atoms with van der Waals surface area (Å²) in [6, 6.07) is 2.70. The van der Waals surface area contributed by atoms with Crippen molar-refractivity contribution < 1.29 is 38.2 Å². The SMILES string of the molecule is CCC[C@H](NC(=O)[C@@H]1C[C@@H](Oc2cccc(OC)c2)CN1C(=O)[C@@H](NC(=O)[C@@H](NC(=O)c1cnccn1)C1CCCCC1)C(C)(C)C)C(=O)C(=O)NC1CC1. The average molecular weight is 762 g/mol. The number of amides is 5. The van der Waals surface area contributed by atoms with E-state index in [-0.39, 0.29) is 37.0 Å². The lowest BCUT2D eigenvalue weighted by molar-refractivity contribution is -0.145. The zero-order valence-electron chi connectivity index (χ0n) is 32.5. The van der Waals surface area contributed by atoms with E-state index in [0.717, 1.165) is 44.9 Å². The van der Waals surface area contributed by atoms with E-state index in [1.54, 1.807) is 24.3 Å². The van der Waals surface area contributed by atoms with Crippen LogP contribution in [0.2, 0.25) is 0 Å². The number of hydrogen-bond donors (Lipinski definition) is 4. The minimum Gasteiger partial charge on any atom is -0.497 e. The molecule has 2 aromatic rings. The summed E-state index contributed by atoms with van der Waals surface area (Å²) in [5.41, 5.74) is -0.773. The second-order valence-electron chi connectivity index (χ2n) is 15.9. The van der Waals surface area contributed by atoms with Crippen molar-refractivity contribution >= 4 is 35.3 Å². The van der Waals surface area contributed by atoms with Crippen molar-refractivity contribution in [1.29, 1.82) is 0 Å². The molecule has 5 amide bonds. The zero-order valence-corrected chi connectivity index (χ0v) is 32.5. The molecular weight excluding hydrogens is 706 g/mol. The summed E-state index contributed by atoms with van der Waals surface area (Å²) >= 11 is 0. The van der Waals surface area contributed by atoms with Crippen LogP contribution in [0.4, 0.5) is 0 Å². The average Bonchev–Trinajstić information content (AvgIpc) is 3.90. The number of rotatable bonds is 16. The van der Waals surface area contributed by atoms with Gasteiger partial charge in [0.15, 0.2) is 0 Å². The minimum absolute atomic E-state index is 0.000599. The Balaban J connectivity index is 1.40. The van der Waals surface area contributed by atoms with E-state index >= 15 is 0 Å². The second-order valence-corrected chi connectivity index (χ2v) is 15.9. The van der Waals surface area contributed by atoms with Gasteiger partial charge in [0.25, 0.3) is 11.8 Å². The maximum absolute atomic E-state index is 14.8. The van der Waals surface area contributed by atoms with E-state index < -0.39 is 71.0 Å². The highest BCUT2D eigenvalue weighted by atomic mass is 16.5.